The summed E-state index contributed by atoms with van der Waals surface area (Å²) in [6.45, 7) is 4.68. The molecule has 1 N–H and O–H groups in total. The second-order valence-electron chi connectivity index (χ2n) is 5.37. The maximum absolute atomic E-state index is 12.1. The monoisotopic (exact) mass is 328 g/mol. The van der Waals surface area contributed by atoms with E-state index in [2.05, 4.69) is 38.3 Å². The Balaban J connectivity index is 1.79. The summed E-state index contributed by atoms with van der Waals surface area (Å²) < 4.78 is 2.73. The second kappa shape index (κ2) is 6.52. The van der Waals surface area contributed by atoms with E-state index in [0.29, 0.717) is 12.6 Å². The summed E-state index contributed by atoms with van der Waals surface area (Å²) in [7, 11) is 2.12. The Morgan fingerprint density at radius 2 is 2.26 bits per heavy atom. The first kappa shape index (κ1) is 14.5. The van der Waals surface area contributed by atoms with Gasteiger partial charge in [0.2, 0.25) is 5.91 Å². The van der Waals surface area contributed by atoms with Crippen LogP contribution in [0.5, 0.6) is 0 Å². The molecule has 1 aliphatic rings. The quantitative estimate of drug-likeness (QED) is 0.911. The van der Waals surface area contributed by atoms with E-state index in [1.807, 2.05) is 13.1 Å². The Kier molecular flexibility index (Phi) is 4.99. The average molecular weight is 329 g/mol. The minimum atomic E-state index is -0.0635. The van der Waals surface area contributed by atoms with Crippen molar-refractivity contribution < 1.29 is 4.79 Å². The third-order valence-corrected chi connectivity index (χ3v) is 3.98. The number of hydrogen-bond acceptors (Lipinski definition) is 3. The van der Waals surface area contributed by atoms with Crippen molar-refractivity contribution in [2.24, 2.45) is 5.92 Å². The molecule has 2 rings (SSSR count). The molecule has 1 fully saturated rings. The maximum Gasteiger partial charge on any atom is 0.224 e. The van der Waals surface area contributed by atoms with E-state index in [0.717, 1.165) is 30.4 Å². The van der Waals surface area contributed by atoms with Crippen LogP contribution in [0.1, 0.15) is 19.8 Å². The standard InChI is InChI=1S/C13H21BrN4O/c1-10(8-18-9-11(14)7-15-18)13(19)16-12-3-5-17(2)6-4-12/h7,9-10,12H,3-6,8H2,1-2H3,(H,16,19). The molecular weight excluding hydrogens is 308 g/mol. The zero-order valence-corrected chi connectivity index (χ0v) is 13.1. The van der Waals surface area contributed by atoms with Crippen molar-refractivity contribution in [1.82, 2.24) is 20.0 Å². The normalized spacial score (nSPS) is 19.3. The summed E-state index contributed by atoms with van der Waals surface area (Å²) in [6.07, 6.45) is 5.71. The van der Waals surface area contributed by atoms with Crippen molar-refractivity contribution in [2.45, 2.75) is 32.4 Å². The molecule has 1 amide bonds. The van der Waals surface area contributed by atoms with E-state index in [4.69, 9.17) is 0 Å². The summed E-state index contributed by atoms with van der Waals surface area (Å²) in [6, 6.07) is 0.329. The fourth-order valence-electron chi connectivity index (χ4n) is 2.30. The molecule has 1 atom stereocenters. The van der Waals surface area contributed by atoms with Gasteiger partial charge in [0.25, 0.3) is 0 Å². The molecule has 0 aromatic carbocycles. The van der Waals surface area contributed by atoms with Gasteiger partial charge < -0.3 is 10.2 Å². The fraction of sp³-hybridized carbons (Fsp3) is 0.692. The molecule has 1 aromatic heterocycles. The molecule has 19 heavy (non-hydrogen) atoms. The number of likely N-dealkylation sites (tertiary alicyclic amines) is 1. The molecule has 1 aliphatic heterocycles. The second-order valence-corrected chi connectivity index (χ2v) is 6.28. The third-order valence-electron chi connectivity index (χ3n) is 3.58. The van der Waals surface area contributed by atoms with Crippen molar-refractivity contribution in [3.63, 3.8) is 0 Å². The minimum Gasteiger partial charge on any atom is -0.353 e. The van der Waals surface area contributed by atoms with E-state index in [-0.39, 0.29) is 11.8 Å². The largest absolute Gasteiger partial charge is 0.353 e. The number of carbonyl (C=O) groups is 1. The number of aromatic nitrogens is 2. The van der Waals surface area contributed by atoms with Gasteiger partial charge in [0.1, 0.15) is 0 Å². The highest BCUT2D eigenvalue weighted by atomic mass is 79.9. The van der Waals surface area contributed by atoms with Crippen LogP contribution in [0.15, 0.2) is 16.9 Å². The lowest BCUT2D eigenvalue weighted by atomic mass is 10.0. The fourth-order valence-corrected chi connectivity index (χ4v) is 2.63. The first-order valence-corrected chi connectivity index (χ1v) is 7.51. The van der Waals surface area contributed by atoms with Gasteiger partial charge in [-0.05, 0) is 48.9 Å². The molecule has 0 spiro atoms. The SMILES string of the molecule is CC(Cn1cc(Br)cn1)C(=O)NC1CCN(C)CC1. The van der Waals surface area contributed by atoms with Crippen LogP contribution >= 0.6 is 15.9 Å². The lowest BCUT2D eigenvalue weighted by Gasteiger charge is -2.30. The number of nitrogens with zero attached hydrogens (tertiary/aromatic N) is 3. The van der Waals surface area contributed by atoms with Gasteiger partial charge in [-0.25, -0.2) is 0 Å². The molecule has 0 radical (unpaired) electrons. The summed E-state index contributed by atoms with van der Waals surface area (Å²) >= 11 is 3.36. The topological polar surface area (TPSA) is 50.2 Å². The molecule has 0 saturated carbocycles. The highest BCUT2D eigenvalue weighted by Gasteiger charge is 2.21. The van der Waals surface area contributed by atoms with E-state index in [9.17, 15) is 4.79 Å². The average Bonchev–Trinajstić information content (AvgIpc) is 2.77. The summed E-state index contributed by atoms with van der Waals surface area (Å²) in [4.78, 5) is 14.4. The first-order valence-electron chi connectivity index (χ1n) is 6.71. The van der Waals surface area contributed by atoms with E-state index in [1.165, 1.54) is 0 Å². The molecular formula is C13H21BrN4O. The number of halogens is 1. The molecule has 0 bridgehead atoms. The van der Waals surface area contributed by atoms with Gasteiger partial charge in [-0.2, -0.15) is 5.10 Å². The smallest absolute Gasteiger partial charge is 0.224 e. The zero-order valence-electron chi connectivity index (χ0n) is 11.5. The molecule has 106 valence electrons. The van der Waals surface area contributed by atoms with E-state index < -0.39 is 0 Å². The lowest BCUT2D eigenvalue weighted by molar-refractivity contribution is -0.126. The Morgan fingerprint density at radius 3 is 2.84 bits per heavy atom. The van der Waals surface area contributed by atoms with Crippen LogP contribution in [0, 0.1) is 5.92 Å². The number of piperidine rings is 1. The Labute approximate surface area is 122 Å². The Bertz CT molecular complexity index is 426. The highest BCUT2D eigenvalue weighted by molar-refractivity contribution is 9.10. The number of hydrogen-bond donors (Lipinski definition) is 1. The Hall–Kier alpha value is -0.880. The van der Waals surface area contributed by atoms with Gasteiger partial charge in [0.15, 0.2) is 0 Å². The van der Waals surface area contributed by atoms with Crippen molar-refractivity contribution in [1.29, 1.82) is 0 Å². The van der Waals surface area contributed by atoms with Gasteiger partial charge >= 0.3 is 0 Å². The number of carbonyl (C=O) groups excluding carboxylic acids is 1. The number of nitrogens with one attached hydrogen (secondary N) is 1. The summed E-state index contributed by atoms with van der Waals surface area (Å²) in [5.41, 5.74) is 0. The van der Waals surface area contributed by atoms with Crippen LogP contribution in [0.25, 0.3) is 0 Å². The molecule has 1 aromatic rings. The third kappa shape index (κ3) is 4.31. The molecule has 1 saturated heterocycles. The molecule has 0 aliphatic carbocycles. The van der Waals surface area contributed by atoms with Crippen molar-refractivity contribution >= 4 is 21.8 Å². The van der Waals surface area contributed by atoms with E-state index in [1.54, 1.807) is 10.9 Å². The molecule has 1 unspecified atom stereocenters. The number of amides is 1. The van der Waals surface area contributed by atoms with E-state index >= 15 is 0 Å². The van der Waals surface area contributed by atoms with Crippen LogP contribution in [-0.4, -0.2) is 46.8 Å². The van der Waals surface area contributed by atoms with Gasteiger partial charge in [0.05, 0.1) is 23.1 Å². The highest BCUT2D eigenvalue weighted by Crippen LogP contribution is 2.11. The van der Waals surface area contributed by atoms with Crippen LogP contribution in [-0.2, 0) is 11.3 Å². The van der Waals surface area contributed by atoms with Crippen LogP contribution in [0.2, 0.25) is 0 Å². The minimum absolute atomic E-state index is 0.0635. The first-order chi connectivity index (χ1) is 9.04. The van der Waals surface area contributed by atoms with Gasteiger partial charge in [0, 0.05) is 12.2 Å². The predicted octanol–water partition coefficient (Wildman–Crippen LogP) is 1.49. The van der Waals surface area contributed by atoms with Crippen molar-refractivity contribution in [3.8, 4) is 0 Å². The van der Waals surface area contributed by atoms with Crippen LogP contribution in [0.3, 0.4) is 0 Å². The van der Waals surface area contributed by atoms with Gasteiger partial charge in [-0.3, -0.25) is 9.48 Å². The molecule has 6 heteroatoms. The maximum atomic E-state index is 12.1. The van der Waals surface area contributed by atoms with Crippen molar-refractivity contribution in [2.75, 3.05) is 20.1 Å². The summed E-state index contributed by atoms with van der Waals surface area (Å²) in [5, 5.41) is 7.33. The number of rotatable bonds is 4. The van der Waals surface area contributed by atoms with Gasteiger partial charge in [-0.1, -0.05) is 6.92 Å². The lowest BCUT2D eigenvalue weighted by Crippen LogP contribution is -2.45. The van der Waals surface area contributed by atoms with Crippen LogP contribution < -0.4 is 5.32 Å². The predicted molar refractivity (Wildman–Crippen MR) is 77.8 cm³/mol. The molecule has 5 nitrogen and oxygen atoms in total. The van der Waals surface area contributed by atoms with Gasteiger partial charge in [-0.15, -0.1) is 0 Å². The zero-order chi connectivity index (χ0) is 13.8. The molecule has 2 heterocycles. The van der Waals surface area contributed by atoms with Crippen molar-refractivity contribution in [3.05, 3.63) is 16.9 Å². The summed E-state index contributed by atoms with van der Waals surface area (Å²) in [5.74, 6) is 0.0626. The van der Waals surface area contributed by atoms with Crippen LogP contribution in [0.4, 0.5) is 0 Å². The Morgan fingerprint density at radius 1 is 1.58 bits per heavy atom.